The monoisotopic (exact) mass is 255 g/mol. The first-order chi connectivity index (χ1) is 9.25. The van der Waals surface area contributed by atoms with Crippen molar-refractivity contribution in [2.75, 3.05) is 5.32 Å². The Morgan fingerprint density at radius 1 is 1.11 bits per heavy atom. The molecule has 3 rings (SSSR count). The molecule has 1 aromatic carbocycles. The number of nitrogens with zero attached hydrogens (tertiary/aromatic N) is 2. The fourth-order valence-electron chi connectivity index (χ4n) is 1.79. The Morgan fingerprint density at radius 2 is 1.89 bits per heavy atom. The highest BCUT2D eigenvalue weighted by molar-refractivity contribution is 6.10. The van der Waals surface area contributed by atoms with Gasteiger partial charge in [0, 0.05) is 11.5 Å². The zero-order valence-electron chi connectivity index (χ0n) is 9.68. The van der Waals surface area contributed by atoms with Gasteiger partial charge in [-0.1, -0.05) is 18.2 Å². The maximum Gasteiger partial charge on any atom is 0.277 e. The number of aromatic amines is 2. The van der Waals surface area contributed by atoms with E-state index in [1.807, 2.05) is 0 Å². The molecule has 0 radical (unpaired) electrons. The van der Waals surface area contributed by atoms with Crippen molar-refractivity contribution >= 4 is 22.5 Å². The summed E-state index contributed by atoms with van der Waals surface area (Å²) in [5.41, 5.74) is -0.168. The Balaban J connectivity index is 2.08. The number of aromatic nitrogens is 4. The maximum absolute atomic E-state index is 12.1. The molecule has 0 aliphatic heterocycles. The zero-order valence-corrected chi connectivity index (χ0v) is 9.68. The molecule has 0 bridgehead atoms. The van der Waals surface area contributed by atoms with Crippen molar-refractivity contribution in [3.8, 4) is 0 Å². The second kappa shape index (κ2) is 4.37. The molecule has 2 heterocycles. The average molecular weight is 255 g/mol. The van der Waals surface area contributed by atoms with E-state index in [9.17, 15) is 9.59 Å². The first kappa shape index (κ1) is 11.1. The largest absolute Gasteiger partial charge is 0.306 e. The van der Waals surface area contributed by atoms with E-state index >= 15 is 0 Å². The molecule has 0 aliphatic rings. The Kier molecular flexibility index (Phi) is 2.57. The van der Waals surface area contributed by atoms with Crippen LogP contribution in [0.1, 0.15) is 10.5 Å². The van der Waals surface area contributed by atoms with E-state index in [-0.39, 0.29) is 11.3 Å². The van der Waals surface area contributed by atoms with Crippen molar-refractivity contribution in [2.24, 2.45) is 0 Å². The van der Waals surface area contributed by atoms with Gasteiger partial charge in [0.05, 0.1) is 11.6 Å². The summed E-state index contributed by atoms with van der Waals surface area (Å²) in [7, 11) is 0. The lowest BCUT2D eigenvalue weighted by atomic mass is 10.1. The SMILES string of the molecule is O=C(Nc1ccn[nH]1)c1n[nH]c(=O)c2ccccc12. The van der Waals surface area contributed by atoms with Crippen LogP contribution < -0.4 is 10.9 Å². The quantitative estimate of drug-likeness (QED) is 0.632. The summed E-state index contributed by atoms with van der Waals surface area (Å²) in [6.07, 6.45) is 1.52. The second-order valence-corrected chi connectivity index (χ2v) is 3.87. The third-order valence-electron chi connectivity index (χ3n) is 2.66. The summed E-state index contributed by atoms with van der Waals surface area (Å²) < 4.78 is 0. The Labute approximate surface area is 106 Å². The van der Waals surface area contributed by atoms with E-state index in [4.69, 9.17) is 0 Å². The molecule has 19 heavy (non-hydrogen) atoms. The third-order valence-corrected chi connectivity index (χ3v) is 2.66. The number of nitrogens with one attached hydrogen (secondary N) is 3. The lowest BCUT2D eigenvalue weighted by Crippen LogP contribution is -2.19. The fourth-order valence-corrected chi connectivity index (χ4v) is 1.79. The molecule has 7 nitrogen and oxygen atoms in total. The summed E-state index contributed by atoms with van der Waals surface area (Å²) in [6.45, 7) is 0. The predicted molar refractivity (Wildman–Crippen MR) is 68.9 cm³/mol. The van der Waals surface area contributed by atoms with Crippen molar-refractivity contribution in [3.63, 3.8) is 0 Å². The van der Waals surface area contributed by atoms with Crippen molar-refractivity contribution in [1.82, 2.24) is 20.4 Å². The number of benzene rings is 1. The van der Waals surface area contributed by atoms with Gasteiger partial charge in [-0.25, -0.2) is 5.10 Å². The minimum Gasteiger partial charge on any atom is -0.306 e. The van der Waals surface area contributed by atoms with E-state index in [2.05, 4.69) is 25.7 Å². The van der Waals surface area contributed by atoms with Gasteiger partial charge in [-0.15, -0.1) is 0 Å². The highest BCUT2D eigenvalue weighted by Gasteiger charge is 2.14. The number of fused-ring (bicyclic) bond motifs is 1. The minimum absolute atomic E-state index is 0.157. The Bertz CT molecular complexity index is 791. The summed E-state index contributed by atoms with van der Waals surface area (Å²) in [4.78, 5) is 23.7. The number of carbonyl (C=O) groups excluding carboxylic acids is 1. The molecular formula is C12H9N5O2. The summed E-state index contributed by atoms with van der Waals surface area (Å²) in [5.74, 6) is 0.0405. The standard InChI is InChI=1S/C12H9N5O2/c18-11-8-4-2-1-3-7(8)10(16-17-11)12(19)14-9-5-6-13-15-9/h1-6H,(H,17,18)(H2,13,14,15,19). The number of H-pyrrole nitrogens is 2. The van der Waals surface area contributed by atoms with Gasteiger partial charge in [-0.2, -0.15) is 10.2 Å². The Hall–Kier alpha value is -2.96. The van der Waals surface area contributed by atoms with Crippen LogP contribution >= 0.6 is 0 Å². The van der Waals surface area contributed by atoms with Gasteiger partial charge >= 0.3 is 0 Å². The van der Waals surface area contributed by atoms with Gasteiger partial charge in [0.1, 0.15) is 5.82 Å². The summed E-state index contributed by atoms with van der Waals surface area (Å²) in [5, 5.41) is 16.0. The number of amides is 1. The van der Waals surface area contributed by atoms with Crippen LogP contribution in [-0.4, -0.2) is 26.3 Å². The number of carbonyl (C=O) groups is 1. The molecule has 0 saturated heterocycles. The molecule has 0 aliphatic carbocycles. The fraction of sp³-hybridized carbons (Fsp3) is 0. The van der Waals surface area contributed by atoms with Crippen LogP contribution in [0.25, 0.3) is 10.8 Å². The van der Waals surface area contributed by atoms with Crippen molar-refractivity contribution in [1.29, 1.82) is 0 Å². The molecule has 0 atom stereocenters. The van der Waals surface area contributed by atoms with E-state index in [1.165, 1.54) is 6.20 Å². The molecule has 94 valence electrons. The average Bonchev–Trinajstić information content (AvgIpc) is 2.92. The lowest BCUT2D eigenvalue weighted by molar-refractivity contribution is 0.102. The normalized spacial score (nSPS) is 10.5. The summed E-state index contributed by atoms with van der Waals surface area (Å²) in [6, 6.07) is 8.42. The smallest absolute Gasteiger partial charge is 0.277 e. The molecule has 0 fully saturated rings. The van der Waals surface area contributed by atoms with Gasteiger partial charge in [-0.05, 0) is 6.07 Å². The van der Waals surface area contributed by atoms with Gasteiger partial charge < -0.3 is 5.32 Å². The highest BCUT2D eigenvalue weighted by atomic mass is 16.2. The van der Waals surface area contributed by atoms with Crippen LogP contribution in [0.3, 0.4) is 0 Å². The van der Waals surface area contributed by atoms with Gasteiger partial charge in [0.2, 0.25) is 0 Å². The molecule has 3 N–H and O–H groups in total. The highest BCUT2D eigenvalue weighted by Crippen LogP contribution is 2.13. The van der Waals surface area contributed by atoms with Crippen molar-refractivity contribution in [2.45, 2.75) is 0 Å². The summed E-state index contributed by atoms with van der Waals surface area (Å²) >= 11 is 0. The van der Waals surface area contributed by atoms with Crippen LogP contribution in [0.15, 0.2) is 41.3 Å². The van der Waals surface area contributed by atoms with Crippen molar-refractivity contribution < 1.29 is 4.79 Å². The van der Waals surface area contributed by atoms with E-state index in [0.29, 0.717) is 16.6 Å². The first-order valence-electron chi connectivity index (χ1n) is 5.54. The number of rotatable bonds is 2. The predicted octanol–water partition coefficient (Wildman–Crippen LogP) is 0.898. The van der Waals surface area contributed by atoms with E-state index in [1.54, 1.807) is 30.3 Å². The van der Waals surface area contributed by atoms with Gasteiger partial charge in [-0.3, -0.25) is 14.7 Å². The number of anilines is 1. The second-order valence-electron chi connectivity index (χ2n) is 3.87. The third kappa shape index (κ3) is 1.97. The maximum atomic E-state index is 12.1. The molecule has 0 spiro atoms. The zero-order chi connectivity index (χ0) is 13.2. The minimum atomic E-state index is -0.420. The van der Waals surface area contributed by atoms with Crippen molar-refractivity contribution in [3.05, 3.63) is 52.6 Å². The molecular weight excluding hydrogens is 246 g/mol. The topological polar surface area (TPSA) is 104 Å². The van der Waals surface area contributed by atoms with Crippen LogP contribution in [0.5, 0.6) is 0 Å². The number of hydrogen-bond donors (Lipinski definition) is 3. The number of hydrogen-bond acceptors (Lipinski definition) is 4. The molecule has 1 amide bonds. The van der Waals surface area contributed by atoms with Gasteiger partial charge in [0.25, 0.3) is 11.5 Å². The molecule has 3 aromatic rings. The first-order valence-corrected chi connectivity index (χ1v) is 5.54. The van der Waals surface area contributed by atoms with Crippen LogP contribution in [0.4, 0.5) is 5.82 Å². The molecule has 7 heteroatoms. The Morgan fingerprint density at radius 3 is 2.63 bits per heavy atom. The van der Waals surface area contributed by atoms with E-state index < -0.39 is 5.91 Å². The van der Waals surface area contributed by atoms with Crippen LogP contribution in [-0.2, 0) is 0 Å². The molecule has 0 unspecified atom stereocenters. The van der Waals surface area contributed by atoms with Gasteiger partial charge in [0.15, 0.2) is 5.69 Å². The lowest BCUT2D eigenvalue weighted by Gasteiger charge is -2.04. The van der Waals surface area contributed by atoms with E-state index in [0.717, 1.165) is 0 Å². The molecule has 0 saturated carbocycles. The molecule has 2 aromatic heterocycles. The van der Waals surface area contributed by atoms with Crippen LogP contribution in [0, 0.1) is 0 Å². The van der Waals surface area contributed by atoms with Crippen LogP contribution in [0.2, 0.25) is 0 Å².